The van der Waals surface area contributed by atoms with E-state index in [1.165, 1.54) is 31.7 Å². The molecule has 1 aromatic carbocycles. The molecule has 4 nitrogen and oxygen atoms in total. The normalized spacial score (nSPS) is 29.4. The summed E-state index contributed by atoms with van der Waals surface area (Å²) in [5.41, 5.74) is 0.682. The van der Waals surface area contributed by atoms with Crippen molar-refractivity contribution in [2.24, 2.45) is 17.8 Å². The zero-order valence-electron chi connectivity index (χ0n) is 16.2. The number of ether oxygens (including phenoxy) is 1. The van der Waals surface area contributed by atoms with E-state index in [-0.39, 0.29) is 5.82 Å². The fourth-order valence-electron chi connectivity index (χ4n) is 5.41. The molecular weight excluding hydrogens is 343 g/mol. The Labute approximate surface area is 162 Å². The lowest BCUT2D eigenvalue weighted by atomic mass is 9.87. The number of aliphatic hydroxyl groups is 1. The van der Waals surface area contributed by atoms with Gasteiger partial charge in [-0.3, -0.25) is 4.90 Å². The van der Waals surface area contributed by atoms with Gasteiger partial charge in [-0.15, -0.1) is 0 Å². The molecule has 1 heterocycles. The minimum Gasteiger partial charge on any atom is -0.389 e. The van der Waals surface area contributed by atoms with E-state index in [0.717, 1.165) is 57.0 Å². The predicted octanol–water partition coefficient (Wildman–Crippen LogP) is 3.15. The molecule has 1 N–H and O–H groups in total. The van der Waals surface area contributed by atoms with Crippen LogP contribution in [-0.2, 0) is 4.74 Å². The smallest absolute Gasteiger partial charge is 0.146 e. The monoisotopic (exact) mass is 376 g/mol. The van der Waals surface area contributed by atoms with Crippen LogP contribution < -0.4 is 4.90 Å². The number of hydrogen-bond acceptors (Lipinski definition) is 4. The summed E-state index contributed by atoms with van der Waals surface area (Å²) in [7, 11) is 0. The second-order valence-electron chi connectivity index (χ2n) is 8.69. The maximum atomic E-state index is 13.9. The van der Waals surface area contributed by atoms with E-state index in [2.05, 4.69) is 9.80 Å². The molecule has 150 valence electrons. The molecule has 0 radical (unpaired) electrons. The van der Waals surface area contributed by atoms with Crippen LogP contribution >= 0.6 is 0 Å². The number of piperazine rings is 1. The first-order valence-electron chi connectivity index (χ1n) is 10.7. The number of nitrogens with zero attached hydrogens (tertiary/aromatic N) is 2. The first-order chi connectivity index (χ1) is 13.2. The molecule has 1 saturated heterocycles. The number of para-hydroxylation sites is 1. The minimum absolute atomic E-state index is 0.158. The van der Waals surface area contributed by atoms with E-state index >= 15 is 0 Å². The fourth-order valence-corrected chi connectivity index (χ4v) is 5.41. The Bertz CT molecular complexity index is 606. The third-order valence-electron chi connectivity index (χ3n) is 6.86. The quantitative estimate of drug-likeness (QED) is 0.707. The third kappa shape index (κ3) is 4.82. The van der Waals surface area contributed by atoms with Gasteiger partial charge in [0.2, 0.25) is 0 Å². The van der Waals surface area contributed by atoms with Crippen LogP contribution in [0.15, 0.2) is 24.3 Å². The van der Waals surface area contributed by atoms with Gasteiger partial charge in [-0.05, 0) is 55.6 Å². The molecule has 2 saturated carbocycles. The number of fused-ring (bicyclic) bond motifs is 2. The second kappa shape index (κ2) is 8.89. The summed E-state index contributed by atoms with van der Waals surface area (Å²) in [6, 6.07) is 6.95. The van der Waals surface area contributed by atoms with Gasteiger partial charge in [0.15, 0.2) is 0 Å². The van der Waals surface area contributed by atoms with Crippen molar-refractivity contribution in [1.82, 2.24) is 4.90 Å². The summed E-state index contributed by atoms with van der Waals surface area (Å²) >= 11 is 0. The molecule has 4 rings (SSSR count). The molecule has 27 heavy (non-hydrogen) atoms. The van der Waals surface area contributed by atoms with Crippen LogP contribution in [0.2, 0.25) is 0 Å². The summed E-state index contributed by atoms with van der Waals surface area (Å²) in [6.45, 7) is 5.12. The van der Waals surface area contributed by atoms with E-state index in [9.17, 15) is 9.50 Å². The van der Waals surface area contributed by atoms with Gasteiger partial charge >= 0.3 is 0 Å². The maximum absolute atomic E-state index is 13.9. The van der Waals surface area contributed by atoms with E-state index in [0.29, 0.717) is 18.8 Å². The molecule has 1 aromatic rings. The van der Waals surface area contributed by atoms with Gasteiger partial charge in [0, 0.05) is 39.3 Å². The third-order valence-corrected chi connectivity index (χ3v) is 6.86. The largest absolute Gasteiger partial charge is 0.389 e. The number of halogens is 1. The van der Waals surface area contributed by atoms with Crippen molar-refractivity contribution in [2.45, 2.75) is 38.2 Å². The Hall–Kier alpha value is -1.17. The van der Waals surface area contributed by atoms with Gasteiger partial charge in [0.25, 0.3) is 0 Å². The Balaban J connectivity index is 1.11. The Morgan fingerprint density at radius 1 is 1.11 bits per heavy atom. The lowest BCUT2D eigenvalue weighted by molar-refractivity contribution is 0.0100. The molecule has 0 aromatic heterocycles. The molecule has 3 fully saturated rings. The topological polar surface area (TPSA) is 35.9 Å². The number of β-amino-alcohol motifs (C(OH)–C–C–N with tert-alkyl or cyclic N) is 1. The molecule has 1 aliphatic heterocycles. The van der Waals surface area contributed by atoms with E-state index in [4.69, 9.17) is 4.74 Å². The number of benzene rings is 1. The highest BCUT2D eigenvalue weighted by atomic mass is 19.1. The molecule has 0 amide bonds. The summed E-state index contributed by atoms with van der Waals surface area (Å²) in [5, 5.41) is 10.3. The standard InChI is InChI=1S/C22H33FN2O2/c23-21-3-1-2-4-22(21)25-10-8-24(9-11-25)15-20(26)16-27-12-7-19-14-17-5-6-18(19)13-17/h1-4,17-20,26H,5-16H2. The highest BCUT2D eigenvalue weighted by molar-refractivity contribution is 5.47. The maximum Gasteiger partial charge on any atom is 0.146 e. The molecule has 5 heteroatoms. The highest BCUT2D eigenvalue weighted by Crippen LogP contribution is 2.49. The summed E-state index contributed by atoms with van der Waals surface area (Å²) in [4.78, 5) is 4.34. The van der Waals surface area contributed by atoms with Gasteiger partial charge in [0.1, 0.15) is 5.82 Å². The van der Waals surface area contributed by atoms with Crippen LogP contribution in [0.3, 0.4) is 0 Å². The van der Waals surface area contributed by atoms with Gasteiger partial charge in [-0.1, -0.05) is 18.6 Å². The average Bonchev–Trinajstić information content (AvgIpc) is 3.30. The first-order valence-corrected chi connectivity index (χ1v) is 10.7. The van der Waals surface area contributed by atoms with Crippen LogP contribution in [0, 0.1) is 23.6 Å². The Kier molecular flexibility index (Phi) is 6.31. The summed E-state index contributed by atoms with van der Waals surface area (Å²) < 4.78 is 19.7. The first kappa shape index (κ1) is 19.2. The molecule has 4 unspecified atom stereocenters. The van der Waals surface area contributed by atoms with Crippen molar-refractivity contribution in [3.8, 4) is 0 Å². The summed E-state index contributed by atoms with van der Waals surface area (Å²) in [5.74, 6) is 2.66. The van der Waals surface area contributed by atoms with Crippen LogP contribution in [0.4, 0.5) is 10.1 Å². The Morgan fingerprint density at radius 2 is 1.93 bits per heavy atom. The van der Waals surface area contributed by atoms with E-state index < -0.39 is 6.10 Å². The number of aliphatic hydroxyl groups excluding tert-OH is 1. The lowest BCUT2D eigenvalue weighted by Gasteiger charge is -2.37. The van der Waals surface area contributed by atoms with Gasteiger partial charge < -0.3 is 14.7 Å². The van der Waals surface area contributed by atoms with Crippen LogP contribution in [-0.4, -0.2) is 62.0 Å². The van der Waals surface area contributed by atoms with Crippen molar-refractivity contribution in [3.05, 3.63) is 30.1 Å². The van der Waals surface area contributed by atoms with Gasteiger partial charge in [-0.25, -0.2) is 4.39 Å². The number of hydrogen-bond donors (Lipinski definition) is 1. The average molecular weight is 377 g/mol. The fraction of sp³-hybridized carbons (Fsp3) is 0.727. The minimum atomic E-state index is -0.440. The van der Waals surface area contributed by atoms with Crippen molar-refractivity contribution in [3.63, 3.8) is 0 Å². The molecule has 2 aliphatic carbocycles. The number of anilines is 1. The Morgan fingerprint density at radius 3 is 2.63 bits per heavy atom. The molecule has 3 aliphatic rings. The van der Waals surface area contributed by atoms with Crippen LogP contribution in [0.25, 0.3) is 0 Å². The van der Waals surface area contributed by atoms with E-state index in [1.807, 2.05) is 12.1 Å². The zero-order valence-corrected chi connectivity index (χ0v) is 16.2. The van der Waals surface area contributed by atoms with Crippen molar-refractivity contribution >= 4 is 5.69 Å². The predicted molar refractivity (Wildman–Crippen MR) is 105 cm³/mol. The summed E-state index contributed by atoms with van der Waals surface area (Å²) in [6.07, 6.45) is 6.46. The van der Waals surface area contributed by atoms with Crippen molar-refractivity contribution in [2.75, 3.05) is 50.8 Å². The molecule has 2 bridgehead atoms. The van der Waals surface area contributed by atoms with Crippen molar-refractivity contribution < 1.29 is 14.2 Å². The van der Waals surface area contributed by atoms with Gasteiger partial charge in [0.05, 0.1) is 18.4 Å². The van der Waals surface area contributed by atoms with Crippen molar-refractivity contribution in [1.29, 1.82) is 0 Å². The molecule has 0 spiro atoms. The van der Waals surface area contributed by atoms with Crippen LogP contribution in [0.1, 0.15) is 32.1 Å². The lowest BCUT2D eigenvalue weighted by Crippen LogP contribution is -2.49. The second-order valence-corrected chi connectivity index (χ2v) is 8.69. The SMILES string of the molecule is OC(COCCC1CC2CCC1C2)CN1CCN(c2ccccc2F)CC1. The highest BCUT2D eigenvalue weighted by Gasteiger charge is 2.38. The van der Waals surface area contributed by atoms with Gasteiger partial charge in [-0.2, -0.15) is 0 Å². The molecule has 4 atom stereocenters. The number of rotatable bonds is 8. The van der Waals surface area contributed by atoms with Crippen LogP contribution in [0.5, 0.6) is 0 Å². The van der Waals surface area contributed by atoms with E-state index in [1.54, 1.807) is 6.07 Å². The molecular formula is C22H33FN2O2. The zero-order chi connectivity index (χ0) is 18.6.